The molecule has 0 unspecified atom stereocenters. The molecule has 2 aromatic rings. The van der Waals surface area contributed by atoms with Gasteiger partial charge in [-0.25, -0.2) is 0 Å². The van der Waals surface area contributed by atoms with Gasteiger partial charge in [-0.3, -0.25) is 9.48 Å². The smallest absolute Gasteiger partial charge is 0.189 e. The Morgan fingerprint density at radius 3 is 2.72 bits per heavy atom. The maximum atomic E-state index is 11.9. The van der Waals surface area contributed by atoms with Crippen molar-refractivity contribution in [3.05, 3.63) is 58.9 Å². The summed E-state index contributed by atoms with van der Waals surface area (Å²) in [6, 6.07) is 6.17. The molecule has 92 valence electrons. The number of carbonyl (C=O) groups excluding carboxylic acids is 1. The average molecular weight is 240 g/mol. The number of hydrogen-bond acceptors (Lipinski definition) is 2. The molecule has 0 N–H and O–H groups in total. The fraction of sp³-hybridized carbons (Fsp3) is 0.200. The quantitative estimate of drug-likeness (QED) is 0.610. The third kappa shape index (κ3) is 2.74. The third-order valence-electron chi connectivity index (χ3n) is 2.83. The summed E-state index contributed by atoms with van der Waals surface area (Å²) in [4.78, 5) is 11.9. The first-order valence-corrected chi connectivity index (χ1v) is 5.84. The van der Waals surface area contributed by atoms with E-state index in [1.807, 2.05) is 25.1 Å². The number of nitrogens with zero attached hydrogens (tertiary/aromatic N) is 2. The number of carbonyl (C=O) groups is 1. The Morgan fingerprint density at radius 2 is 2.11 bits per heavy atom. The molecule has 0 atom stereocenters. The molecule has 0 spiro atoms. The number of ketones is 1. The van der Waals surface area contributed by atoms with Gasteiger partial charge < -0.3 is 0 Å². The standard InChI is InChI=1S/C15H16N2O/c1-11-4-5-13(12(2)8-11)6-7-15(18)14-9-16-17(3)10-14/h4-10H,1-3H3/b7-6+. The predicted octanol–water partition coefficient (Wildman–Crippen LogP) is 2.93. The van der Waals surface area contributed by atoms with Gasteiger partial charge in [0.1, 0.15) is 0 Å². The van der Waals surface area contributed by atoms with Gasteiger partial charge in [0.25, 0.3) is 0 Å². The van der Waals surface area contributed by atoms with E-state index in [9.17, 15) is 4.79 Å². The SMILES string of the molecule is Cc1ccc(/C=C/C(=O)c2cnn(C)c2)c(C)c1. The maximum absolute atomic E-state index is 11.9. The van der Waals surface area contributed by atoms with Gasteiger partial charge in [0.2, 0.25) is 0 Å². The van der Waals surface area contributed by atoms with Crippen LogP contribution in [0.3, 0.4) is 0 Å². The Bertz CT molecular complexity index is 609. The van der Waals surface area contributed by atoms with E-state index >= 15 is 0 Å². The highest BCUT2D eigenvalue weighted by Gasteiger charge is 2.03. The second-order valence-corrected chi connectivity index (χ2v) is 4.46. The normalized spacial score (nSPS) is 11.1. The molecule has 3 nitrogen and oxygen atoms in total. The van der Waals surface area contributed by atoms with Crippen LogP contribution in [0.25, 0.3) is 6.08 Å². The number of hydrogen-bond donors (Lipinski definition) is 0. The van der Waals surface area contributed by atoms with Gasteiger partial charge in [0.05, 0.1) is 11.8 Å². The van der Waals surface area contributed by atoms with E-state index in [0.29, 0.717) is 5.56 Å². The van der Waals surface area contributed by atoms with Crippen molar-refractivity contribution < 1.29 is 4.79 Å². The van der Waals surface area contributed by atoms with Gasteiger partial charge in [-0.05, 0) is 31.1 Å². The van der Waals surface area contributed by atoms with Crippen LogP contribution in [0.1, 0.15) is 27.0 Å². The largest absolute Gasteiger partial charge is 0.289 e. The Hall–Kier alpha value is -2.16. The fourth-order valence-electron chi connectivity index (χ4n) is 1.82. The highest BCUT2D eigenvalue weighted by atomic mass is 16.1. The number of benzene rings is 1. The molecule has 0 saturated carbocycles. The summed E-state index contributed by atoms with van der Waals surface area (Å²) in [5, 5.41) is 3.98. The van der Waals surface area contributed by atoms with Crippen LogP contribution in [-0.2, 0) is 7.05 Å². The van der Waals surface area contributed by atoms with E-state index in [-0.39, 0.29) is 5.78 Å². The summed E-state index contributed by atoms with van der Waals surface area (Å²) >= 11 is 0. The van der Waals surface area contributed by atoms with Gasteiger partial charge in [-0.1, -0.05) is 29.8 Å². The predicted molar refractivity (Wildman–Crippen MR) is 72.5 cm³/mol. The molecule has 0 aliphatic rings. The minimum atomic E-state index is -0.0249. The van der Waals surface area contributed by atoms with Crippen molar-refractivity contribution in [2.75, 3.05) is 0 Å². The van der Waals surface area contributed by atoms with Crippen molar-refractivity contribution >= 4 is 11.9 Å². The molecule has 1 aromatic carbocycles. The van der Waals surface area contributed by atoms with Crippen LogP contribution in [0.2, 0.25) is 0 Å². The zero-order chi connectivity index (χ0) is 13.1. The fourth-order valence-corrected chi connectivity index (χ4v) is 1.82. The molecule has 0 fully saturated rings. The van der Waals surface area contributed by atoms with Crippen molar-refractivity contribution in [2.45, 2.75) is 13.8 Å². The van der Waals surface area contributed by atoms with Crippen molar-refractivity contribution in [3.8, 4) is 0 Å². The van der Waals surface area contributed by atoms with Gasteiger partial charge in [0.15, 0.2) is 5.78 Å². The lowest BCUT2D eigenvalue weighted by Crippen LogP contribution is -1.92. The van der Waals surface area contributed by atoms with Crippen molar-refractivity contribution in [1.82, 2.24) is 9.78 Å². The minimum Gasteiger partial charge on any atom is -0.289 e. The summed E-state index contributed by atoms with van der Waals surface area (Å²) in [7, 11) is 1.80. The van der Waals surface area contributed by atoms with E-state index in [1.165, 1.54) is 11.1 Å². The number of rotatable bonds is 3. The molecule has 18 heavy (non-hydrogen) atoms. The molecule has 0 saturated heterocycles. The lowest BCUT2D eigenvalue weighted by molar-refractivity contribution is 0.104. The lowest BCUT2D eigenvalue weighted by Gasteiger charge is -2.01. The second-order valence-electron chi connectivity index (χ2n) is 4.46. The van der Waals surface area contributed by atoms with Crippen molar-refractivity contribution in [1.29, 1.82) is 0 Å². The molecule has 0 aliphatic heterocycles. The molecule has 0 radical (unpaired) electrons. The van der Waals surface area contributed by atoms with Crippen LogP contribution in [0.5, 0.6) is 0 Å². The molecule has 0 bridgehead atoms. The first-order valence-electron chi connectivity index (χ1n) is 5.84. The molecule has 1 aromatic heterocycles. The monoisotopic (exact) mass is 240 g/mol. The molecular weight excluding hydrogens is 224 g/mol. The topological polar surface area (TPSA) is 34.9 Å². The third-order valence-corrected chi connectivity index (χ3v) is 2.83. The van der Waals surface area contributed by atoms with Crippen LogP contribution in [0.15, 0.2) is 36.7 Å². The van der Waals surface area contributed by atoms with Crippen LogP contribution in [0.4, 0.5) is 0 Å². The summed E-state index contributed by atoms with van der Waals surface area (Å²) in [6.07, 6.45) is 6.74. The van der Waals surface area contributed by atoms with Crippen LogP contribution < -0.4 is 0 Å². The average Bonchev–Trinajstić information content (AvgIpc) is 2.74. The minimum absolute atomic E-state index is 0.0249. The van der Waals surface area contributed by atoms with E-state index < -0.39 is 0 Å². The summed E-state index contributed by atoms with van der Waals surface area (Å²) < 4.78 is 1.62. The van der Waals surface area contributed by atoms with Crippen LogP contribution in [-0.4, -0.2) is 15.6 Å². The summed E-state index contributed by atoms with van der Waals surface area (Å²) in [5.41, 5.74) is 4.07. The van der Waals surface area contributed by atoms with Crippen LogP contribution >= 0.6 is 0 Å². The van der Waals surface area contributed by atoms with E-state index in [2.05, 4.69) is 18.1 Å². The summed E-state index contributed by atoms with van der Waals surface area (Å²) in [6.45, 7) is 4.10. The van der Waals surface area contributed by atoms with Crippen molar-refractivity contribution in [3.63, 3.8) is 0 Å². The Labute approximate surface area is 107 Å². The first kappa shape index (κ1) is 12.3. The van der Waals surface area contributed by atoms with E-state index in [0.717, 1.165) is 5.56 Å². The van der Waals surface area contributed by atoms with Gasteiger partial charge in [-0.15, -0.1) is 0 Å². The molecular formula is C15H16N2O. The highest BCUT2D eigenvalue weighted by Crippen LogP contribution is 2.12. The molecule has 0 amide bonds. The Morgan fingerprint density at radius 1 is 1.33 bits per heavy atom. The zero-order valence-corrected chi connectivity index (χ0v) is 10.8. The van der Waals surface area contributed by atoms with Crippen LogP contribution in [0, 0.1) is 13.8 Å². The Balaban J connectivity index is 2.18. The summed E-state index contributed by atoms with van der Waals surface area (Å²) in [5.74, 6) is -0.0249. The zero-order valence-electron chi connectivity index (χ0n) is 10.8. The van der Waals surface area contributed by atoms with Gasteiger partial charge in [0, 0.05) is 13.2 Å². The molecule has 2 rings (SSSR count). The highest BCUT2D eigenvalue weighted by molar-refractivity contribution is 6.06. The molecule has 1 heterocycles. The molecule has 3 heteroatoms. The maximum Gasteiger partial charge on any atom is 0.189 e. The van der Waals surface area contributed by atoms with Gasteiger partial charge >= 0.3 is 0 Å². The van der Waals surface area contributed by atoms with E-state index in [1.54, 1.807) is 30.2 Å². The second kappa shape index (κ2) is 5.00. The number of aryl methyl sites for hydroxylation is 3. The first-order chi connectivity index (χ1) is 8.56. The van der Waals surface area contributed by atoms with Crippen molar-refractivity contribution in [2.24, 2.45) is 7.05 Å². The lowest BCUT2D eigenvalue weighted by atomic mass is 10.0. The Kier molecular flexibility index (Phi) is 3.42. The van der Waals surface area contributed by atoms with E-state index in [4.69, 9.17) is 0 Å². The number of allylic oxidation sites excluding steroid dienone is 1. The number of aromatic nitrogens is 2. The van der Waals surface area contributed by atoms with Gasteiger partial charge in [-0.2, -0.15) is 5.10 Å². The molecule has 0 aliphatic carbocycles.